The third-order valence-electron chi connectivity index (χ3n) is 11.0. The SMILES string of the molecule is CCC1C(=O)C2C(CC(O)C3(C)C(C(C)CCC(=O)OC)CCC23)C2(C)CCC(O)CC12. The van der Waals surface area contributed by atoms with E-state index in [-0.39, 0.29) is 52.5 Å². The van der Waals surface area contributed by atoms with Crippen LogP contribution >= 0.6 is 0 Å². The van der Waals surface area contributed by atoms with Crippen LogP contribution in [0.4, 0.5) is 0 Å². The van der Waals surface area contributed by atoms with Crippen LogP contribution in [0.3, 0.4) is 0 Å². The van der Waals surface area contributed by atoms with Gasteiger partial charge in [0.05, 0.1) is 19.3 Å². The van der Waals surface area contributed by atoms with Crippen molar-refractivity contribution in [1.82, 2.24) is 0 Å². The first kappa shape index (κ1) is 24.2. The first-order valence-electron chi connectivity index (χ1n) is 13.1. The van der Waals surface area contributed by atoms with Gasteiger partial charge in [-0.1, -0.05) is 27.7 Å². The number of aliphatic hydroxyl groups excluding tert-OH is 2. The van der Waals surface area contributed by atoms with Crippen LogP contribution in [0.25, 0.3) is 0 Å². The summed E-state index contributed by atoms with van der Waals surface area (Å²) < 4.78 is 4.84. The lowest BCUT2D eigenvalue weighted by Gasteiger charge is -2.63. The first-order valence-corrected chi connectivity index (χ1v) is 13.1. The average Bonchev–Trinajstić information content (AvgIpc) is 3.12. The number of ketones is 1. The molecule has 11 unspecified atom stereocenters. The second kappa shape index (κ2) is 8.69. The Morgan fingerprint density at radius 3 is 2.50 bits per heavy atom. The highest BCUT2D eigenvalue weighted by molar-refractivity contribution is 5.86. The number of methoxy groups -OCH3 is 1. The van der Waals surface area contributed by atoms with Crippen LogP contribution in [0, 0.1) is 52.3 Å². The highest BCUT2D eigenvalue weighted by Gasteiger charge is 2.67. The molecule has 2 N–H and O–H groups in total. The van der Waals surface area contributed by atoms with E-state index in [1.54, 1.807) is 0 Å². The number of fused-ring (bicyclic) bond motifs is 5. The molecule has 0 bridgehead atoms. The van der Waals surface area contributed by atoms with E-state index >= 15 is 0 Å². The summed E-state index contributed by atoms with van der Waals surface area (Å²) in [5.41, 5.74) is -0.253. The molecule has 0 aromatic heterocycles. The number of hydrogen-bond donors (Lipinski definition) is 2. The fourth-order valence-corrected chi connectivity index (χ4v) is 9.22. The monoisotopic (exact) mass is 448 g/mol. The maximum atomic E-state index is 14.0. The van der Waals surface area contributed by atoms with Crippen LogP contribution in [0.5, 0.6) is 0 Å². The van der Waals surface area contributed by atoms with Crippen LogP contribution in [0.1, 0.15) is 85.5 Å². The van der Waals surface area contributed by atoms with Gasteiger partial charge in [0, 0.05) is 23.7 Å². The van der Waals surface area contributed by atoms with E-state index in [4.69, 9.17) is 4.74 Å². The van der Waals surface area contributed by atoms with E-state index in [1.165, 1.54) is 7.11 Å². The summed E-state index contributed by atoms with van der Waals surface area (Å²) in [5.74, 6) is 1.60. The minimum Gasteiger partial charge on any atom is -0.469 e. The molecule has 5 nitrogen and oxygen atoms in total. The van der Waals surface area contributed by atoms with Crippen LogP contribution in [-0.4, -0.2) is 41.3 Å². The third kappa shape index (κ3) is 3.48. The van der Waals surface area contributed by atoms with Gasteiger partial charge in [0.1, 0.15) is 5.78 Å². The Hall–Kier alpha value is -0.940. The van der Waals surface area contributed by atoms with E-state index in [0.29, 0.717) is 30.5 Å². The van der Waals surface area contributed by atoms with Crippen molar-refractivity contribution < 1.29 is 24.5 Å². The number of carbonyl (C=O) groups is 2. The van der Waals surface area contributed by atoms with Crippen LogP contribution < -0.4 is 0 Å². The van der Waals surface area contributed by atoms with E-state index in [1.807, 2.05) is 0 Å². The highest BCUT2D eigenvalue weighted by Crippen LogP contribution is 2.68. The van der Waals surface area contributed by atoms with E-state index in [2.05, 4.69) is 27.7 Å². The first-order chi connectivity index (χ1) is 15.1. The highest BCUT2D eigenvalue weighted by atomic mass is 16.5. The predicted octanol–water partition coefficient (Wildman–Crippen LogP) is 4.38. The van der Waals surface area contributed by atoms with Crippen molar-refractivity contribution in [2.45, 2.75) is 97.7 Å². The van der Waals surface area contributed by atoms with Gasteiger partial charge in [-0.3, -0.25) is 9.59 Å². The molecule has 4 aliphatic rings. The fourth-order valence-electron chi connectivity index (χ4n) is 9.22. The van der Waals surface area contributed by atoms with Crippen LogP contribution in [0.2, 0.25) is 0 Å². The molecule has 0 aromatic rings. The lowest BCUT2D eigenvalue weighted by molar-refractivity contribution is -0.192. The molecule has 4 rings (SSSR count). The average molecular weight is 449 g/mol. The van der Waals surface area contributed by atoms with Crippen molar-refractivity contribution in [2.24, 2.45) is 52.3 Å². The van der Waals surface area contributed by atoms with Gasteiger partial charge < -0.3 is 14.9 Å². The predicted molar refractivity (Wildman–Crippen MR) is 123 cm³/mol. The molecule has 0 amide bonds. The summed E-state index contributed by atoms with van der Waals surface area (Å²) in [6.07, 6.45) is 6.53. The molecule has 0 saturated heterocycles. The molecule has 0 aromatic carbocycles. The van der Waals surface area contributed by atoms with E-state index < -0.39 is 6.10 Å². The molecule has 4 aliphatic carbocycles. The smallest absolute Gasteiger partial charge is 0.305 e. The second-order valence-electron chi connectivity index (χ2n) is 12.1. The lowest BCUT2D eigenvalue weighted by Crippen LogP contribution is -2.63. The number of ether oxygens (including phenoxy) is 1. The quantitative estimate of drug-likeness (QED) is 0.610. The summed E-state index contributed by atoms with van der Waals surface area (Å²) in [5, 5.41) is 22.0. The number of hydrogen-bond acceptors (Lipinski definition) is 5. The van der Waals surface area contributed by atoms with Gasteiger partial charge in [0.25, 0.3) is 0 Å². The standard InChI is InChI=1S/C27H44O5/c1-6-17-20-13-16(28)11-12-26(20,3)21-14-22(29)27(4)18(15(2)7-10-23(30)32-5)8-9-19(27)24(21)25(17)31/h15-22,24,28-29H,6-14H2,1-5H3. The Kier molecular flexibility index (Phi) is 6.57. The minimum absolute atomic E-state index is 0.0232. The Morgan fingerprint density at radius 1 is 1.12 bits per heavy atom. The Labute approximate surface area is 193 Å². The lowest BCUT2D eigenvalue weighted by atomic mass is 9.41. The molecular weight excluding hydrogens is 404 g/mol. The van der Waals surface area contributed by atoms with Crippen LogP contribution in [0.15, 0.2) is 0 Å². The Morgan fingerprint density at radius 2 is 1.84 bits per heavy atom. The molecule has 4 saturated carbocycles. The zero-order chi connectivity index (χ0) is 23.4. The summed E-state index contributed by atoms with van der Waals surface area (Å²) in [6.45, 7) is 8.93. The van der Waals surface area contributed by atoms with E-state index in [9.17, 15) is 19.8 Å². The Bertz CT molecular complexity index is 736. The topological polar surface area (TPSA) is 83.8 Å². The number of Topliss-reactive ketones (excluding diaryl/α,β-unsaturated/α-hetero) is 1. The van der Waals surface area contributed by atoms with Crippen molar-refractivity contribution in [2.75, 3.05) is 7.11 Å². The molecule has 32 heavy (non-hydrogen) atoms. The van der Waals surface area contributed by atoms with Gasteiger partial charge in [0.15, 0.2) is 0 Å². The number of aliphatic hydroxyl groups is 2. The molecule has 4 fully saturated rings. The van der Waals surface area contributed by atoms with Gasteiger partial charge in [-0.15, -0.1) is 0 Å². The zero-order valence-corrected chi connectivity index (χ0v) is 20.7. The molecule has 0 aliphatic heterocycles. The number of rotatable bonds is 5. The minimum atomic E-state index is -0.419. The normalized spacial score (nSPS) is 49.0. The maximum Gasteiger partial charge on any atom is 0.305 e. The molecule has 0 heterocycles. The summed E-state index contributed by atoms with van der Waals surface area (Å²) in [7, 11) is 1.43. The third-order valence-corrected chi connectivity index (χ3v) is 11.0. The van der Waals surface area contributed by atoms with Crippen molar-refractivity contribution >= 4 is 11.8 Å². The van der Waals surface area contributed by atoms with Gasteiger partial charge in [-0.2, -0.15) is 0 Å². The number of carbonyl (C=O) groups excluding carboxylic acids is 2. The second-order valence-corrected chi connectivity index (χ2v) is 12.1. The molecule has 0 spiro atoms. The van der Waals surface area contributed by atoms with Crippen molar-refractivity contribution in [3.8, 4) is 0 Å². The summed E-state index contributed by atoms with van der Waals surface area (Å²) in [6, 6.07) is 0. The largest absolute Gasteiger partial charge is 0.469 e. The van der Waals surface area contributed by atoms with E-state index in [0.717, 1.165) is 44.9 Å². The Balaban J connectivity index is 1.64. The molecular formula is C27H44O5. The molecule has 0 radical (unpaired) electrons. The number of esters is 1. The summed E-state index contributed by atoms with van der Waals surface area (Å²) >= 11 is 0. The summed E-state index contributed by atoms with van der Waals surface area (Å²) in [4.78, 5) is 25.7. The van der Waals surface area contributed by atoms with Gasteiger partial charge in [-0.05, 0) is 86.4 Å². The zero-order valence-electron chi connectivity index (χ0n) is 20.7. The van der Waals surface area contributed by atoms with Gasteiger partial charge in [0.2, 0.25) is 0 Å². The van der Waals surface area contributed by atoms with Crippen molar-refractivity contribution in [3.05, 3.63) is 0 Å². The van der Waals surface area contributed by atoms with Gasteiger partial charge in [-0.25, -0.2) is 0 Å². The molecule has 182 valence electrons. The maximum absolute atomic E-state index is 14.0. The molecule has 11 atom stereocenters. The van der Waals surface area contributed by atoms with Crippen molar-refractivity contribution in [3.63, 3.8) is 0 Å². The van der Waals surface area contributed by atoms with Crippen molar-refractivity contribution in [1.29, 1.82) is 0 Å². The molecule has 5 heteroatoms. The van der Waals surface area contributed by atoms with Crippen LogP contribution in [-0.2, 0) is 14.3 Å². The fraction of sp³-hybridized carbons (Fsp3) is 0.926. The van der Waals surface area contributed by atoms with Gasteiger partial charge >= 0.3 is 5.97 Å².